The summed E-state index contributed by atoms with van der Waals surface area (Å²) in [7, 11) is -2.04. The third-order valence-corrected chi connectivity index (χ3v) is 6.62. The molecule has 0 unspecified atom stereocenters. The molecule has 0 aliphatic carbocycles. The maximum Gasteiger partial charge on any atom is 0.257 e. The zero-order valence-electron chi connectivity index (χ0n) is 16.2. The van der Waals surface area contributed by atoms with Crippen molar-refractivity contribution in [1.82, 2.24) is 0 Å². The van der Waals surface area contributed by atoms with Gasteiger partial charge in [-0.25, -0.2) is 8.42 Å². The monoisotopic (exact) mass is 426 g/mol. The molecule has 0 spiro atoms. The Morgan fingerprint density at radius 2 is 1.55 bits per heavy atom. The Labute approximate surface area is 175 Å². The lowest BCUT2D eigenvalue weighted by molar-refractivity contribution is 0.102. The summed E-state index contributed by atoms with van der Waals surface area (Å²) in [5.74, 6) is 0.512. The lowest BCUT2D eigenvalue weighted by Crippen LogP contribution is -2.27. The van der Waals surface area contributed by atoms with Crippen LogP contribution in [0.2, 0.25) is 0 Å². The van der Waals surface area contributed by atoms with E-state index >= 15 is 0 Å². The molecule has 0 atom stereocenters. The van der Waals surface area contributed by atoms with Crippen LogP contribution in [0.1, 0.15) is 15.9 Å². The first-order valence-corrected chi connectivity index (χ1v) is 11.8. The molecule has 0 fully saturated rings. The number of nitrogens with one attached hydrogen (secondary N) is 1. The summed E-state index contributed by atoms with van der Waals surface area (Å²) in [6.07, 6.45) is 1.10. The topological polar surface area (TPSA) is 66.5 Å². The highest BCUT2D eigenvalue weighted by molar-refractivity contribution is 7.98. The number of carbonyl (C=O) groups is 1. The summed E-state index contributed by atoms with van der Waals surface area (Å²) >= 11 is 1.72. The molecule has 7 heteroatoms. The number of hydrogen-bond donors (Lipinski definition) is 1. The van der Waals surface area contributed by atoms with Gasteiger partial charge >= 0.3 is 0 Å². The zero-order chi connectivity index (χ0) is 20.9. The number of anilines is 2. The molecule has 5 nitrogen and oxygen atoms in total. The van der Waals surface area contributed by atoms with E-state index in [0.29, 0.717) is 16.9 Å². The van der Waals surface area contributed by atoms with E-state index in [0.717, 1.165) is 21.2 Å². The second kappa shape index (κ2) is 9.15. The van der Waals surface area contributed by atoms with Crippen LogP contribution in [0.15, 0.2) is 83.8 Å². The van der Waals surface area contributed by atoms with E-state index in [1.165, 1.54) is 12.6 Å². The predicted octanol–water partition coefficient (Wildman–Crippen LogP) is 4.63. The van der Waals surface area contributed by atoms with E-state index < -0.39 is 10.0 Å². The SMILES string of the molecule is CN(c1ccccc1C(=O)Nc1ccc(SCc2ccccc2)cc1)S(C)(=O)=O. The molecule has 29 heavy (non-hydrogen) atoms. The number of nitrogens with zero attached hydrogens (tertiary/aromatic N) is 1. The number of thioether (sulfide) groups is 1. The highest BCUT2D eigenvalue weighted by Crippen LogP contribution is 2.26. The van der Waals surface area contributed by atoms with Crippen LogP contribution < -0.4 is 9.62 Å². The second-order valence-corrected chi connectivity index (χ2v) is 9.56. The standard InChI is InChI=1S/C22H22N2O3S2/c1-24(29(2,26)27)21-11-7-6-10-20(21)22(25)23-18-12-14-19(15-13-18)28-16-17-8-4-3-5-9-17/h3-15H,16H2,1-2H3,(H,23,25). The first-order chi connectivity index (χ1) is 13.8. The van der Waals surface area contributed by atoms with Crippen molar-refractivity contribution in [3.05, 3.63) is 90.0 Å². The second-order valence-electron chi connectivity index (χ2n) is 6.50. The van der Waals surface area contributed by atoms with Crippen molar-refractivity contribution in [2.75, 3.05) is 22.9 Å². The van der Waals surface area contributed by atoms with Gasteiger partial charge < -0.3 is 5.32 Å². The average molecular weight is 427 g/mol. The van der Waals surface area contributed by atoms with Gasteiger partial charge in [-0.3, -0.25) is 9.10 Å². The normalized spacial score (nSPS) is 11.1. The van der Waals surface area contributed by atoms with E-state index in [1.807, 2.05) is 42.5 Å². The number of hydrogen-bond acceptors (Lipinski definition) is 4. The van der Waals surface area contributed by atoms with Gasteiger partial charge in [-0.15, -0.1) is 11.8 Å². The maximum absolute atomic E-state index is 12.7. The van der Waals surface area contributed by atoms with Crippen molar-refractivity contribution >= 4 is 39.1 Å². The van der Waals surface area contributed by atoms with Gasteiger partial charge in [-0.05, 0) is 42.0 Å². The van der Waals surface area contributed by atoms with Crippen molar-refractivity contribution in [3.63, 3.8) is 0 Å². The third-order valence-electron chi connectivity index (χ3n) is 4.35. The number of amides is 1. The molecule has 0 saturated heterocycles. The molecule has 0 saturated carbocycles. The smallest absolute Gasteiger partial charge is 0.257 e. The number of carbonyl (C=O) groups excluding carboxylic acids is 1. The summed E-state index contributed by atoms with van der Waals surface area (Å²) in [5, 5.41) is 2.84. The van der Waals surface area contributed by atoms with Crippen LogP contribution in [0.25, 0.3) is 0 Å². The zero-order valence-corrected chi connectivity index (χ0v) is 17.8. The van der Waals surface area contributed by atoms with E-state index in [9.17, 15) is 13.2 Å². The average Bonchev–Trinajstić information content (AvgIpc) is 2.73. The molecular formula is C22H22N2O3S2. The molecule has 0 aliphatic rings. The van der Waals surface area contributed by atoms with Crippen LogP contribution in [-0.2, 0) is 15.8 Å². The molecule has 0 bridgehead atoms. The number of sulfonamides is 1. The van der Waals surface area contributed by atoms with Gasteiger partial charge in [0.25, 0.3) is 5.91 Å². The molecule has 0 radical (unpaired) electrons. The highest BCUT2D eigenvalue weighted by atomic mass is 32.2. The summed E-state index contributed by atoms with van der Waals surface area (Å²) < 4.78 is 24.8. The van der Waals surface area contributed by atoms with Gasteiger partial charge in [0.05, 0.1) is 17.5 Å². The van der Waals surface area contributed by atoms with Gasteiger partial charge in [0, 0.05) is 23.4 Å². The van der Waals surface area contributed by atoms with E-state index in [1.54, 1.807) is 36.0 Å². The first kappa shape index (κ1) is 21.0. The molecule has 3 aromatic rings. The fourth-order valence-corrected chi connectivity index (χ4v) is 4.06. The van der Waals surface area contributed by atoms with Crippen LogP contribution in [0, 0.1) is 0 Å². The fourth-order valence-electron chi connectivity index (χ4n) is 2.69. The van der Waals surface area contributed by atoms with Gasteiger partial charge in [0.15, 0.2) is 0 Å². The quantitative estimate of drug-likeness (QED) is 0.560. The number of rotatable bonds is 7. The van der Waals surface area contributed by atoms with Gasteiger partial charge in [0.2, 0.25) is 10.0 Å². The maximum atomic E-state index is 12.7. The fraction of sp³-hybridized carbons (Fsp3) is 0.136. The minimum absolute atomic E-state index is 0.294. The van der Waals surface area contributed by atoms with E-state index in [4.69, 9.17) is 0 Å². The Bertz CT molecular complexity index is 1080. The lowest BCUT2D eigenvalue weighted by atomic mass is 10.1. The Morgan fingerprint density at radius 1 is 0.931 bits per heavy atom. The molecule has 0 heterocycles. The van der Waals surface area contributed by atoms with Gasteiger partial charge in [0.1, 0.15) is 0 Å². The summed E-state index contributed by atoms with van der Waals surface area (Å²) in [5.41, 5.74) is 2.53. The van der Waals surface area contributed by atoms with Crippen LogP contribution >= 0.6 is 11.8 Å². The number of benzene rings is 3. The first-order valence-electron chi connectivity index (χ1n) is 8.95. The minimum atomic E-state index is -3.47. The van der Waals surface area contributed by atoms with Crippen molar-refractivity contribution in [1.29, 1.82) is 0 Å². The van der Waals surface area contributed by atoms with E-state index in [2.05, 4.69) is 17.4 Å². The summed E-state index contributed by atoms with van der Waals surface area (Å²) in [4.78, 5) is 13.8. The summed E-state index contributed by atoms with van der Waals surface area (Å²) in [6, 6.07) is 24.4. The van der Waals surface area contributed by atoms with Crippen molar-refractivity contribution in [2.24, 2.45) is 0 Å². The molecule has 0 aromatic heterocycles. The minimum Gasteiger partial charge on any atom is -0.322 e. The van der Waals surface area contributed by atoms with Crippen LogP contribution in [0.4, 0.5) is 11.4 Å². The molecule has 150 valence electrons. The van der Waals surface area contributed by atoms with Gasteiger partial charge in [-0.2, -0.15) is 0 Å². The molecule has 1 N–H and O–H groups in total. The van der Waals surface area contributed by atoms with Crippen LogP contribution in [0.5, 0.6) is 0 Å². The Morgan fingerprint density at radius 3 is 2.21 bits per heavy atom. The molecule has 3 rings (SSSR count). The lowest BCUT2D eigenvalue weighted by Gasteiger charge is -2.19. The summed E-state index contributed by atoms with van der Waals surface area (Å²) in [6.45, 7) is 0. The van der Waals surface area contributed by atoms with Crippen molar-refractivity contribution < 1.29 is 13.2 Å². The van der Waals surface area contributed by atoms with E-state index in [-0.39, 0.29) is 5.91 Å². The van der Waals surface area contributed by atoms with Crippen molar-refractivity contribution in [3.8, 4) is 0 Å². The Hall–Kier alpha value is -2.77. The molecule has 1 amide bonds. The van der Waals surface area contributed by atoms with Gasteiger partial charge in [-0.1, -0.05) is 42.5 Å². The Balaban J connectivity index is 1.69. The third kappa shape index (κ3) is 5.62. The largest absolute Gasteiger partial charge is 0.322 e. The molecule has 3 aromatic carbocycles. The molecule has 0 aliphatic heterocycles. The molecular weight excluding hydrogens is 404 g/mol. The predicted molar refractivity (Wildman–Crippen MR) is 120 cm³/mol. The van der Waals surface area contributed by atoms with Crippen LogP contribution in [0.3, 0.4) is 0 Å². The Kier molecular flexibility index (Phi) is 6.61. The highest BCUT2D eigenvalue weighted by Gasteiger charge is 2.19. The van der Waals surface area contributed by atoms with Crippen molar-refractivity contribution in [2.45, 2.75) is 10.6 Å². The van der Waals surface area contributed by atoms with Crippen LogP contribution in [-0.4, -0.2) is 27.6 Å². The number of para-hydroxylation sites is 1.